The topological polar surface area (TPSA) is 86.8 Å². The van der Waals surface area contributed by atoms with Gasteiger partial charge >= 0.3 is 0 Å². The zero-order valence-corrected chi connectivity index (χ0v) is 28.3. The van der Waals surface area contributed by atoms with E-state index in [0.717, 1.165) is 46.2 Å². The van der Waals surface area contributed by atoms with Crippen molar-refractivity contribution in [2.24, 2.45) is 0 Å². The molecular formula is C38H45N3O4S. The molecule has 0 saturated carbocycles. The molecule has 2 amide bonds. The minimum Gasteiger partial charge on any atom is -0.354 e. The lowest BCUT2D eigenvalue weighted by Crippen LogP contribution is -2.53. The van der Waals surface area contributed by atoms with Crippen LogP contribution < -0.4 is 9.62 Å². The molecule has 0 radical (unpaired) electrons. The van der Waals surface area contributed by atoms with Crippen molar-refractivity contribution in [2.75, 3.05) is 17.4 Å². The Morgan fingerprint density at radius 1 is 0.783 bits per heavy atom. The average molecular weight is 640 g/mol. The predicted octanol–water partition coefficient (Wildman–Crippen LogP) is 6.67. The summed E-state index contributed by atoms with van der Waals surface area (Å²) in [6.07, 6.45) is 2.01. The highest BCUT2D eigenvalue weighted by Crippen LogP contribution is 2.29. The van der Waals surface area contributed by atoms with E-state index in [1.54, 1.807) is 41.3 Å². The Morgan fingerprint density at radius 3 is 2.13 bits per heavy atom. The van der Waals surface area contributed by atoms with E-state index in [2.05, 4.69) is 12.2 Å². The fourth-order valence-corrected chi connectivity index (χ4v) is 6.90. The van der Waals surface area contributed by atoms with Gasteiger partial charge in [0, 0.05) is 19.5 Å². The van der Waals surface area contributed by atoms with Gasteiger partial charge in [-0.05, 0) is 74.6 Å². The number of carbonyl (C=O) groups excluding carboxylic acids is 2. The molecule has 0 aliphatic rings. The number of carbonyl (C=O) groups is 2. The minimum atomic E-state index is -4.16. The molecule has 4 aromatic rings. The van der Waals surface area contributed by atoms with Gasteiger partial charge in [0.25, 0.3) is 10.0 Å². The van der Waals surface area contributed by atoms with Gasteiger partial charge in [0.15, 0.2) is 0 Å². The van der Waals surface area contributed by atoms with Crippen LogP contribution in [0.25, 0.3) is 0 Å². The van der Waals surface area contributed by atoms with E-state index in [1.807, 2.05) is 88.4 Å². The Balaban J connectivity index is 1.82. The first-order valence-electron chi connectivity index (χ1n) is 15.8. The maximum absolute atomic E-state index is 14.7. The third-order valence-corrected chi connectivity index (χ3v) is 10.0. The summed E-state index contributed by atoms with van der Waals surface area (Å²) >= 11 is 0. The van der Waals surface area contributed by atoms with Gasteiger partial charge in [-0.1, -0.05) is 103 Å². The SMILES string of the molecule is CCCCNC(=O)C(Cc1ccccc1)N(Cc1cccc(C)c1)C(=O)CN(c1cccc(C)c1C)S(=O)(=O)c1ccc(C)cc1. The van der Waals surface area contributed by atoms with Crippen LogP contribution in [0.2, 0.25) is 0 Å². The molecule has 0 aliphatic carbocycles. The molecule has 7 nitrogen and oxygen atoms in total. The van der Waals surface area contributed by atoms with E-state index < -0.39 is 28.5 Å². The number of rotatable bonds is 14. The van der Waals surface area contributed by atoms with Crippen LogP contribution in [0.3, 0.4) is 0 Å². The summed E-state index contributed by atoms with van der Waals surface area (Å²) in [6, 6.07) is 28.6. The number of sulfonamides is 1. The van der Waals surface area contributed by atoms with Gasteiger partial charge in [0.1, 0.15) is 12.6 Å². The van der Waals surface area contributed by atoms with E-state index in [0.29, 0.717) is 12.2 Å². The van der Waals surface area contributed by atoms with Crippen molar-refractivity contribution in [3.63, 3.8) is 0 Å². The summed E-state index contributed by atoms with van der Waals surface area (Å²) in [5.74, 6) is -0.734. The highest BCUT2D eigenvalue weighted by atomic mass is 32.2. The van der Waals surface area contributed by atoms with Crippen LogP contribution in [-0.4, -0.2) is 44.3 Å². The van der Waals surface area contributed by atoms with Crippen molar-refractivity contribution < 1.29 is 18.0 Å². The Bertz CT molecular complexity index is 1740. The standard InChI is InChI=1S/C38H45N3O4S/c1-6-7-23-39-38(43)36(25-32-15-9-8-10-16-32)40(26-33-17-11-13-29(3)24-33)37(42)27-41(35-18-12-14-30(4)31(35)5)46(44,45)34-21-19-28(2)20-22-34/h8-22,24,36H,6-7,23,25-27H2,1-5H3,(H,39,43). The molecule has 0 aromatic heterocycles. The number of benzene rings is 4. The third kappa shape index (κ3) is 8.63. The van der Waals surface area contributed by atoms with Crippen molar-refractivity contribution in [1.29, 1.82) is 0 Å². The summed E-state index contributed by atoms with van der Waals surface area (Å²) in [5.41, 5.74) is 5.80. The number of nitrogens with one attached hydrogen (secondary N) is 1. The molecule has 4 aromatic carbocycles. The fourth-order valence-electron chi connectivity index (χ4n) is 5.42. The maximum atomic E-state index is 14.7. The molecule has 0 spiro atoms. The van der Waals surface area contributed by atoms with E-state index >= 15 is 0 Å². The van der Waals surface area contributed by atoms with E-state index in [9.17, 15) is 18.0 Å². The van der Waals surface area contributed by atoms with Crippen LogP contribution in [0.1, 0.15) is 53.1 Å². The third-order valence-electron chi connectivity index (χ3n) is 8.27. The second kappa shape index (κ2) is 15.7. The zero-order chi connectivity index (χ0) is 33.3. The lowest BCUT2D eigenvalue weighted by Gasteiger charge is -2.34. The first-order valence-corrected chi connectivity index (χ1v) is 17.3. The van der Waals surface area contributed by atoms with Crippen molar-refractivity contribution >= 4 is 27.5 Å². The highest BCUT2D eigenvalue weighted by Gasteiger charge is 2.35. The molecule has 46 heavy (non-hydrogen) atoms. The van der Waals surface area contributed by atoms with Crippen LogP contribution in [0.15, 0.2) is 102 Å². The van der Waals surface area contributed by atoms with E-state index in [1.165, 1.54) is 4.31 Å². The second-order valence-electron chi connectivity index (χ2n) is 11.9. The molecule has 4 rings (SSSR count). The molecule has 0 bridgehead atoms. The smallest absolute Gasteiger partial charge is 0.264 e. The summed E-state index contributed by atoms with van der Waals surface area (Å²) in [6.45, 7) is 9.86. The van der Waals surface area contributed by atoms with Gasteiger partial charge in [-0.3, -0.25) is 13.9 Å². The summed E-state index contributed by atoms with van der Waals surface area (Å²) in [7, 11) is -4.16. The van der Waals surface area contributed by atoms with Crippen molar-refractivity contribution in [3.05, 3.63) is 130 Å². The number of unbranched alkanes of at least 4 members (excludes halogenated alkanes) is 1. The molecule has 8 heteroatoms. The van der Waals surface area contributed by atoms with Gasteiger partial charge in [0.2, 0.25) is 11.8 Å². The van der Waals surface area contributed by atoms with Crippen molar-refractivity contribution in [2.45, 2.75) is 71.4 Å². The first kappa shape index (κ1) is 34.4. The summed E-state index contributed by atoms with van der Waals surface area (Å²) in [5, 5.41) is 3.03. The Labute approximate surface area is 274 Å². The van der Waals surface area contributed by atoms with Gasteiger partial charge in [-0.2, -0.15) is 0 Å². The van der Waals surface area contributed by atoms with E-state index in [-0.39, 0.29) is 23.8 Å². The summed E-state index contributed by atoms with van der Waals surface area (Å²) in [4.78, 5) is 30.2. The monoisotopic (exact) mass is 639 g/mol. The Morgan fingerprint density at radius 2 is 1.46 bits per heavy atom. The molecule has 0 aliphatic heterocycles. The first-order chi connectivity index (χ1) is 22.0. The largest absolute Gasteiger partial charge is 0.354 e. The Hall–Kier alpha value is -4.43. The van der Waals surface area contributed by atoms with Crippen LogP contribution in [-0.2, 0) is 32.6 Å². The van der Waals surface area contributed by atoms with Crippen LogP contribution in [0, 0.1) is 27.7 Å². The number of nitrogens with zero attached hydrogens (tertiary/aromatic N) is 2. The normalized spacial score (nSPS) is 11.9. The van der Waals surface area contributed by atoms with Gasteiger partial charge in [-0.25, -0.2) is 8.42 Å². The number of amides is 2. The zero-order valence-electron chi connectivity index (χ0n) is 27.5. The predicted molar refractivity (Wildman–Crippen MR) is 185 cm³/mol. The molecular weight excluding hydrogens is 595 g/mol. The molecule has 0 heterocycles. The fraction of sp³-hybridized carbons (Fsp3) is 0.316. The van der Waals surface area contributed by atoms with Crippen LogP contribution in [0.5, 0.6) is 0 Å². The van der Waals surface area contributed by atoms with Gasteiger partial charge in [-0.15, -0.1) is 0 Å². The van der Waals surface area contributed by atoms with Crippen LogP contribution in [0.4, 0.5) is 5.69 Å². The maximum Gasteiger partial charge on any atom is 0.264 e. The van der Waals surface area contributed by atoms with Crippen LogP contribution >= 0.6 is 0 Å². The molecule has 242 valence electrons. The number of anilines is 1. The summed E-state index contributed by atoms with van der Waals surface area (Å²) < 4.78 is 29.8. The van der Waals surface area contributed by atoms with Gasteiger partial charge in [0.05, 0.1) is 10.6 Å². The lowest BCUT2D eigenvalue weighted by atomic mass is 10.0. The second-order valence-corrected chi connectivity index (χ2v) is 13.8. The molecule has 0 saturated heterocycles. The highest BCUT2D eigenvalue weighted by molar-refractivity contribution is 7.92. The van der Waals surface area contributed by atoms with Gasteiger partial charge < -0.3 is 10.2 Å². The molecule has 1 unspecified atom stereocenters. The minimum absolute atomic E-state index is 0.0928. The molecule has 0 fully saturated rings. The number of aryl methyl sites for hydroxylation is 3. The number of hydrogen-bond acceptors (Lipinski definition) is 4. The van der Waals surface area contributed by atoms with Crippen molar-refractivity contribution in [3.8, 4) is 0 Å². The Kier molecular flexibility index (Phi) is 11.8. The number of hydrogen-bond donors (Lipinski definition) is 1. The average Bonchev–Trinajstić information content (AvgIpc) is 3.03. The lowest BCUT2D eigenvalue weighted by molar-refractivity contribution is -0.140. The van der Waals surface area contributed by atoms with E-state index in [4.69, 9.17) is 0 Å². The van der Waals surface area contributed by atoms with Crippen molar-refractivity contribution in [1.82, 2.24) is 10.2 Å². The molecule has 1 N–H and O–H groups in total. The quantitative estimate of drug-likeness (QED) is 0.156. The molecule has 1 atom stereocenters.